The molecule has 0 amide bonds. The number of methoxy groups -OCH3 is 1. The van der Waals surface area contributed by atoms with Gasteiger partial charge in [0, 0.05) is 6.04 Å². The Morgan fingerprint density at radius 1 is 1.50 bits per heavy atom. The highest BCUT2D eigenvalue weighted by molar-refractivity contribution is 5.82. The molecule has 1 aliphatic carbocycles. The molecule has 1 aromatic carbocycles. The lowest BCUT2D eigenvalue weighted by atomic mass is 9.91. The summed E-state index contributed by atoms with van der Waals surface area (Å²) in [6.07, 6.45) is 2.04. The Labute approximate surface area is 118 Å². The molecule has 1 N–H and O–H groups in total. The second kappa shape index (κ2) is 5.79. The first-order chi connectivity index (χ1) is 9.51. The maximum Gasteiger partial charge on any atom is 0.330 e. The van der Waals surface area contributed by atoms with Crippen LogP contribution < -0.4 is 10.1 Å². The average Bonchev–Trinajstić information content (AvgIpc) is 3.22. The minimum atomic E-state index is -1.04. The summed E-state index contributed by atoms with van der Waals surface area (Å²) in [7, 11) is 1.41. The molecule has 0 aliphatic heterocycles. The summed E-state index contributed by atoms with van der Waals surface area (Å²) < 4.78 is 23.9. The molecule has 5 heteroatoms. The zero-order valence-corrected chi connectivity index (χ0v) is 12.0. The molecule has 1 fully saturated rings. The van der Waals surface area contributed by atoms with Crippen LogP contribution in [0.4, 0.5) is 4.39 Å². The van der Waals surface area contributed by atoms with Crippen molar-refractivity contribution >= 4 is 5.97 Å². The summed E-state index contributed by atoms with van der Waals surface area (Å²) in [6.45, 7) is 3.77. The molecule has 110 valence electrons. The predicted octanol–water partition coefficient (Wildman–Crippen LogP) is 2.36. The van der Waals surface area contributed by atoms with Crippen molar-refractivity contribution in [1.82, 2.24) is 5.32 Å². The first kappa shape index (κ1) is 14.8. The summed E-state index contributed by atoms with van der Waals surface area (Å²) in [5, 5.41) is 3.25. The van der Waals surface area contributed by atoms with Crippen molar-refractivity contribution in [3.63, 3.8) is 0 Å². The third-order valence-electron chi connectivity index (χ3n) is 3.48. The molecule has 1 aromatic rings. The van der Waals surface area contributed by atoms with Crippen LogP contribution in [0.2, 0.25) is 0 Å². The second-order valence-electron chi connectivity index (χ2n) is 5.11. The summed E-state index contributed by atoms with van der Waals surface area (Å²) in [5.41, 5.74) is -0.495. The minimum Gasteiger partial charge on any atom is -0.494 e. The van der Waals surface area contributed by atoms with Crippen LogP contribution in [0.5, 0.6) is 5.75 Å². The highest BCUT2D eigenvalue weighted by Gasteiger charge is 2.41. The average molecular weight is 281 g/mol. The van der Waals surface area contributed by atoms with Gasteiger partial charge in [-0.3, -0.25) is 5.32 Å². The largest absolute Gasteiger partial charge is 0.494 e. The molecule has 0 heterocycles. The first-order valence-electron chi connectivity index (χ1n) is 6.80. The number of hydrogen-bond donors (Lipinski definition) is 1. The molecule has 0 radical (unpaired) electrons. The summed E-state index contributed by atoms with van der Waals surface area (Å²) >= 11 is 0. The van der Waals surface area contributed by atoms with E-state index in [1.165, 1.54) is 19.2 Å². The Kier molecular flexibility index (Phi) is 4.28. The molecule has 1 saturated carbocycles. The third-order valence-corrected chi connectivity index (χ3v) is 3.48. The summed E-state index contributed by atoms with van der Waals surface area (Å²) in [6, 6.07) is 4.82. The van der Waals surface area contributed by atoms with Crippen molar-refractivity contribution in [2.75, 3.05) is 13.7 Å². The molecule has 0 spiro atoms. The number of esters is 1. The molecule has 2 rings (SSSR count). The number of carbonyl (C=O) groups excluding carboxylic acids is 1. The zero-order chi connectivity index (χ0) is 14.8. The lowest BCUT2D eigenvalue weighted by Crippen LogP contribution is -2.48. The molecule has 1 aliphatic rings. The van der Waals surface area contributed by atoms with Crippen LogP contribution in [0.15, 0.2) is 18.2 Å². The van der Waals surface area contributed by atoms with Gasteiger partial charge in [0.1, 0.15) is 5.54 Å². The first-order valence-corrected chi connectivity index (χ1v) is 6.80. The van der Waals surface area contributed by atoms with Gasteiger partial charge in [-0.15, -0.1) is 0 Å². The number of halogens is 1. The number of hydrogen-bond acceptors (Lipinski definition) is 4. The van der Waals surface area contributed by atoms with Crippen LogP contribution in [0.1, 0.15) is 32.3 Å². The van der Waals surface area contributed by atoms with Gasteiger partial charge in [0.05, 0.1) is 13.7 Å². The Balaban J connectivity index is 2.34. The van der Waals surface area contributed by atoms with Gasteiger partial charge in [0.15, 0.2) is 11.6 Å². The lowest BCUT2D eigenvalue weighted by molar-refractivity contribution is -0.151. The van der Waals surface area contributed by atoms with E-state index in [1.54, 1.807) is 19.9 Å². The van der Waals surface area contributed by atoms with E-state index in [0.717, 1.165) is 12.8 Å². The number of carbonyl (C=O) groups is 1. The minimum absolute atomic E-state index is 0.159. The van der Waals surface area contributed by atoms with E-state index in [1.807, 2.05) is 0 Å². The normalized spacial score (nSPS) is 17.4. The van der Waals surface area contributed by atoms with E-state index in [2.05, 4.69) is 5.32 Å². The highest BCUT2D eigenvalue weighted by atomic mass is 19.1. The fourth-order valence-corrected chi connectivity index (χ4v) is 2.15. The molecule has 1 atom stereocenters. The number of rotatable bonds is 6. The van der Waals surface area contributed by atoms with E-state index in [-0.39, 0.29) is 11.8 Å². The Hall–Kier alpha value is -1.62. The summed E-state index contributed by atoms with van der Waals surface area (Å²) in [5.74, 6) is -0.721. The van der Waals surface area contributed by atoms with E-state index in [0.29, 0.717) is 12.2 Å². The number of ether oxygens (including phenoxy) is 2. The van der Waals surface area contributed by atoms with Crippen molar-refractivity contribution in [3.8, 4) is 5.75 Å². The maximum atomic E-state index is 13.9. The van der Waals surface area contributed by atoms with Crippen LogP contribution in [-0.2, 0) is 15.1 Å². The number of nitrogens with one attached hydrogen (secondary N) is 1. The van der Waals surface area contributed by atoms with Crippen LogP contribution in [0.25, 0.3) is 0 Å². The molecular weight excluding hydrogens is 261 g/mol. The van der Waals surface area contributed by atoms with Gasteiger partial charge < -0.3 is 9.47 Å². The van der Waals surface area contributed by atoms with Crippen LogP contribution in [0, 0.1) is 5.82 Å². The van der Waals surface area contributed by atoms with Gasteiger partial charge in [0.25, 0.3) is 0 Å². The second-order valence-corrected chi connectivity index (χ2v) is 5.11. The molecule has 4 nitrogen and oxygen atoms in total. The lowest BCUT2D eigenvalue weighted by Gasteiger charge is -2.29. The van der Waals surface area contributed by atoms with Crippen molar-refractivity contribution in [3.05, 3.63) is 29.6 Å². The van der Waals surface area contributed by atoms with Gasteiger partial charge >= 0.3 is 5.97 Å². The van der Waals surface area contributed by atoms with E-state index >= 15 is 0 Å². The Morgan fingerprint density at radius 3 is 2.70 bits per heavy atom. The van der Waals surface area contributed by atoms with Crippen molar-refractivity contribution in [1.29, 1.82) is 0 Å². The molecule has 0 aromatic heterocycles. The van der Waals surface area contributed by atoms with Gasteiger partial charge in [-0.25, -0.2) is 9.18 Å². The van der Waals surface area contributed by atoms with Gasteiger partial charge in [-0.05, 0) is 44.4 Å². The smallest absolute Gasteiger partial charge is 0.330 e. The quantitative estimate of drug-likeness (QED) is 0.813. The molecule has 20 heavy (non-hydrogen) atoms. The van der Waals surface area contributed by atoms with Gasteiger partial charge in [-0.1, -0.05) is 6.07 Å². The number of benzene rings is 1. The monoisotopic (exact) mass is 281 g/mol. The molecule has 1 unspecified atom stereocenters. The fraction of sp³-hybridized carbons (Fsp3) is 0.533. The summed E-state index contributed by atoms with van der Waals surface area (Å²) in [4.78, 5) is 12.3. The van der Waals surface area contributed by atoms with Crippen molar-refractivity contribution in [2.24, 2.45) is 0 Å². The van der Waals surface area contributed by atoms with Crippen LogP contribution in [0.3, 0.4) is 0 Å². The molecule has 0 bridgehead atoms. The SMILES string of the molecule is CCOC(=O)C(C)(NC1CC1)c1ccc(OC)c(F)c1. The van der Waals surface area contributed by atoms with E-state index in [4.69, 9.17) is 9.47 Å². The van der Waals surface area contributed by atoms with Gasteiger partial charge in [0.2, 0.25) is 0 Å². The Morgan fingerprint density at radius 2 is 2.20 bits per heavy atom. The highest BCUT2D eigenvalue weighted by Crippen LogP contribution is 2.31. The van der Waals surface area contributed by atoms with Crippen LogP contribution in [-0.4, -0.2) is 25.7 Å². The molecular formula is C15H20FNO3. The van der Waals surface area contributed by atoms with Gasteiger partial charge in [-0.2, -0.15) is 0 Å². The third kappa shape index (κ3) is 2.93. The van der Waals surface area contributed by atoms with Crippen molar-refractivity contribution < 1.29 is 18.7 Å². The Bertz CT molecular complexity index is 502. The van der Waals surface area contributed by atoms with Crippen molar-refractivity contribution in [2.45, 2.75) is 38.3 Å². The maximum absolute atomic E-state index is 13.9. The van der Waals surface area contributed by atoms with Crippen LogP contribution >= 0.6 is 0 Å². The fourth-order valence-electron chi connectivity index (χ4n) is 2.15. The topological polar surface area (TPSA) is 47.6 Å². The van der Waals surface area contributed by atoms with E-state index in [9.17, 15) is 9.18 Å². The molecule has 0 saturated heterocycles. The zero-order valence-electron chi connectivity index (χ0n) is 12.0. The standard InChI is InChI=1S/C15H20FNO3/c1-4-20-14(18)15(2,17-11-6-7-11)10-5-8-13(19-3)12(16)9-10/h5,8-9,11,17H,4,6-7H2,1-3H3. The predicted molar refractivity (Wildman–Crippen MR) is 73.1 cm³/mol. The van der Waals surface area contributed by atoms with E-state index < -0.39 is 17.3 Å².